The molecule has 0 spiro atoms. The minimum atomic E-state index is 0.716. The van der Waals surface area contributed by atoms with E-state index in [4.69, 9.17) is 9.47 Å². The fourth-order valence-electron chi connectivity index (χ4n) is 1.57. The third kappa shape index (κ3) is 2.29. The molecule has 4 nitrogen and oxygen atoms in total. The first-order chi connectivity index (χ1) is 8.15. The standard InChI is InChI=1S/C12H13BrN2O2/c1-7-6-14-12(15-7)8-4-9(16-2)11(13)10(5-8)17-3/h4-6H,1-3H3,(H,14,15). The van der Waals surface area contributed by atoms with Crippen LogP contribution in [0.2, 0.25) is 0 Å². The Morgan fingerprint density at radius 1 is 1.18 bits per heavy atom. The highest BCUT2D eigenvalue weighted by Gasteiger charge is 2.12. The van der Waals surface area contributed by atoms with E-state index in [2.05, 4.69) is 25.9 Å². The van der Waals surface area contributed by atoms with Crippen molar-refractivity contribution in [3.8, 4) is 22.9 Å². The van der Waals surface area contributed by atoms with Gasteiger partial charge < -0.3 is 14.5 Å². The monoisotopic (exact) mass is 296 g/mol. The molecule has 5 heteroatoms. The number of aromatic amines is 1. The zero-order chi connectivity index (χ0) is 12.4. The third-order valence-corrected chi connectivity index (χ3v) is 3.20. The number of imidazole rings is 1. The number of ether oxygens (including phenoxy) is 2. The van der Waals surface area contributed by atoms with Crippen LogP contribution in [0.4, 0.5) is 0 Å². The molecule has 1 aromatic carbocycles. The first-order valence-electron chi connectivity index (χ1n) is 5.09. The number of H-pyrrole nitrogens is 1. The van der Waals surface area contributed by atoms with Gasteiger partial charge in [-0.15, -0.1) is 0 Å². The van der Waals surface area contributed by atoms with Crippen molar-refractivity contribution in [3.05, 3.63) is 28.5 Å². The van der Waals surface area contributed by atoms with Crippen molar-refractivity contribution in [3.63, 3.8) is 0 Å². The number of rotatable bonds is 3. The van der Waals surface area contributed by atoms with E-state index >= 15 is 0 Å². The van der Waals surface area contributed by atoms with Crippen molar-refractivity contribution in [1.29, 1.82) is 0 Å². The molecule has 2 aromatic rings. The molecule has 0 unspecified atom stereocenters. The number of nitrogens with one attached hydrogen (secondary N) is 1. The summed E-state index contributed by atoms with van der Waals surface area (Å²) in [4.78, 5) is 7.46. The van der Waals surface area contributed by atoms with E-state index < -0.39 is 0 Å². The van der Waals surface area contributed by atoms with E-state index in [1.54, 1.807) is 20.4 Å². The Bertz CT molecular complexity index is 512. The van der Waals surface area contributed by atoms with Crippen LogP contribution in [-0.2, 0) is 0 Å². The predicted molar refractivity (Wildman–Crippen MR) is 69.6 cm³/mol. The molecular weight excluding hydrogens is 284 g/mol. The predicted octanol–water partition coefficient (Wildman–Crippen LogP) is 3.16. The first kappa shape index (κ1) is 12.0. The summed E-state index contributed by atoms with van der Waals surface area (Å²) in [5, 5.41) is 0. The lowest BCUT2D eigenvalue weighted by Gasteiger charge is -2.10. The molecule has 0 saturated carbocycles. The van der Waals surface area contributed by atoms with Gasteiger partial charge in [0.1, 0.15) is 21.8 Å². The van der Waals surface area contributed by atoms with E-state index in [1.807, 2.05) is 19.1 Å². The maximum absolute atomic E-state index is 5.29. The second-order valence-electron chi connectivity index (χ2n) is 3.61. The van der Waals surface area contributed by atoms with Crippen molar-refractivity contribution in [2.75, 3.05) is 14.2 Å². The van der Waals surface area contributed by atoms with Gasteiger partial charge in [-0.1, -0.05) is 0 Å². The molecule has 0 atom stereocenters. The van der Waals surface area contributed by atoms with Crippen LogP contribution in [-0.4, -0.2) is 24.2 Å². The number of nitrogens with zero attached hydrogens (tertiary/aromatic N) is 1. The second kappa shape index (κ2) is 4.79. The maximum atomic E-state index is 5.29. The lowest BCUT2D eigenvalue weighted by Crippen LogP contribution is -1.92. The van der Waals surface area contributed by atoms with Gasteiger partial charge in [0.05, 0.1) is 14.2 Å². The Hall–Kier alpha value is -1.49. The minimum absolute atomic E-state index is 0.716. The first-order valence-corrected chi connectivity index (χ1v) is 5.88. The van der Waals surface area contributed by atoms with Crippen molar-refractivity contribution in [1.82, 2.24) is 9.97 Å². The molecule has 0 saturated heterocycles. The number of aromatic nitrogens is 2. The van der Waals surface area contributed by atoms with Crippen LogP contribution in [0.3, 0.4) is 0 Å². The van der Waals surface area contributed by atoms with Crippen LogP contribution in [0.15, 0.2) is 22.8 Å². The van der Waals surface area contributed by atoms with E-state index in [9.17, 15) is 0 Å². The lowest BCUT2D eigenvalue weighted by atomic mass is 10.2. The van der Waals surface area contributed by atoms with Crippen molar-refractivity contribution in [2.24, 2.45) is 0 Å². The third-order valence-electron chi connectivity index (χ3n) is 2.42. The maximum Gasteiger partial charge on any atom is 0.137 e. The molecule has 1 N–H and O–H groups in total. The average molecular weight is 297 g/mol. The Balaban J connectivity index is 2.55. The second-order valence-corrected chi connectivity index (χ2v) is 4.40. The highest BCUT2D eigenvalue weighted by molar-refractivity contribution is 9.10. The number of benzene rings is 1. The summed E-state index contributed by atoms with van der Waals surface area (Å²) in [6.07, 6.45) is 1.79. The Morgan fingerprint density at radius 2 is 1.76 bits per heavy atom. The number of hydrogen-bond acceptors (Lipinski definition) is 3. The molecule has 90 valence electrons. The van der Waals surface area contributed by atoms with Gasteiger partial charge >= 0.3 is 0 Å². The highest BCUT2D eigenvalue weighted by Crippen LogP contribution is 2.38. The fraction of sp³-hybridized carbons (Fsp3) is 0.250. The van der Waals surface area contributed by atoms with Crippen LogP contribution < -0.4 is 9.47 Å². The minimum Gasteiger partial charge on any atom is -0.495 e. The number of methoxy groups -OCH3 is 2. The fourth-order valence-corrected chi connectivity index (χ4v) is 2.12. The molecule has 0 aliphatic heterocycles. The summed E-state index contributed by atoms with van der Waals surface area (Å²) < 4.78 is 11.4. The number of aryl methyl sites for hydroxylation is 1. The topological polar surface area (TPSA) is 47.1 Å². The van der Waals surface area contributed by atoms with Gasteiger partial charge in [0.15, 0.2) is 0 Å². The van der Waals surface area contributed by atoms with Crippen molar-refractivity contribution < 1.29 is 9.47 Å². The van der Waals surface area contributed by atoms with Gasteiger partial charge in [0.2, 0.25) is 0 Å². The Kier molecular flexibility index (Phi) is 3.38. The summed E-state index contributed by atoms with van der Waals surface area (Å²) in [7, 11) is 3.24. The van der Waals surface area contributed by atoms with E-state index in [0.717, 1.165) is 21.6 Å². The summed E-state index contributed by atoms with van der Waals surface area (Å²) in [5.74, 6) is 2.23. The summed E-state index contributed by atoms with van der Waals surface area (Å²) in [6.45, 7) is 1.96. The Morgan fingerprint density at radius 3 is 2.18 bits per heavy atom. The molecule has 0 aliphatic rings. The molecule has 1 aromatic heterocycles. The molecule has 2 rings (SSSR count). The summed E-state index contributed by atoms with van der Waals surface area (Å²) in [5.41, 5.74) is 1.94. The lowest BCUT2D eigenvalue weighted by molar-refractivity contribution is 0.390. The van der Waals surface area contributed by atoms with Crippen LogP contribution in [0.25, 0.3) is 11.4 Å². The zero-order valence-electron chi connectivity index (χ0n) is 9.87. The smallest absolute Gasteiger partial charge is 0.137 e. The van der Waals surface area contributed by atoms with Gasteiger partial charge in [-0.05, 0) is 35.0 Å². The largest absolute Gasteiger partial charge is 0.495 e. The molecule has 17 heavy (non-hydrogen) atoms. The molecule has 1 heterocycles. The molecule has 0 fully saturated rings. The molecule has 0 aliphatic carbocycles. The van der Waals surface area contributed by atoms with Crippen molar-refractivity contribution >= 4 is 15.9 Å². The van der Waals surface area contributed by atoms with Gasteiger partial charge in [-0.2, -0.15) is 0 Å². The van der Waals surface area contributed by atoms with Crippen LogP contribution in [0.5, 0.6) is 11.5 Å². The van der Waals surface area contributed by atoms with Gasteiger partial charge in [-0.3, -0.25) is 0 Å². The normalized spacial score (nSPS) is 10.4. The molecule has 0 bridgehead atoms. The number of hydrogen-bond donors (Lipinski definition) is 1. The number of halogens is 1. The molecule has 0 radical (unpaired) electrons. The van der Waals surface area contributed by atoms with Gasteiger partial charge in [0, 0.05) is 17.5 Å². The van der Waals surface area contributed by atoms with E-state index in [-0.39, 0.29) is 0 Å². The highest BCUT2D eigenvalue weighted by atomic mass is 79.9. The molecular formula is C12H13BrN2O2. The van der Waals surface area contributed by atoms with Gasteiger partial charge in [0.25, 0.3) is 0 Å². The van der Waals surface area contributed by atoms with Crippen LogP contribution in [0, 0.1) is 6.92 Å². The average Bonchev–Trinajstić information content (AvgIpc) is 2.76. The van der Waals surface area contributed by atoms with Crippen molar-refractivity contribution in [2.45, 2.75) is 6.92 Å². The van der Waals surface area contributed by atoms with E-state index in [0.29, 0.717) is 11.5 Å². The van der Waals surface area contributed by atoms with Crippen LogP contribution in [0.1, 0.15) is 5.69 Å². The Labute approximate surface area is 108 Å². The zero-order valence-corrected chi connectivity index (χ0v) is 11.5. The SMILES string of the molecule is COc1cc(-c2ncc(C)[nH]2)cc(OC)c1Br. The molecule has 0 amide bonds. The van der Waals surface area contributed by atoms with E-state index in [1.165, 1.54) is 0 Å². The van der Waals surface area contributed by atoms with Crippen LogP contribution >= 0.6 is 15.9 Å². The summed E-state index contributed by atoms with van der Waals surface area (Å²) in [6, 6.07) is 3.82. The van der Waals surface area contributed by atoms with Gasteiger partial charge in [-0.25, -0.2) is 4.98 Å². The summed E-state index contributed by atoms with van der Waals surface area (Å²) >= 11 is 3.43. The quantitative estimate of drug-likeness (QED) is 0.946.